The molecular formula is C19H17NO2S. The molecule has 0 saturated heterocycles. The predicted octanol–water partition coefficient (Wildman–Crippen LogP) is 3.75. The van der Waals surface area contributed by atoms with Crippen LogP contribution in [0.5, 0.6) is 0 Å². The Hall–Kier alpha value is -2.20. The van der Waals surface area contributed by atoms with Gasteiger partial charge in [-0.25, -0.2) is 13.4 Å². The molecule has 1 heterocycles. The van der Waals surface area contributed by atoms with Crippen LogP contribution in [0.2, 0.25) is 0 Å². The molecular weight excluding hydrogens is 306 g/mol. The van der Waals surface area contributed by atoms with Crippen molar-refractivity contribution < 1.29 is 8.42 Å². The van der Waals surface area contributed by atoms with Crippen molar-refractivity contribution in [2.24, 2.45) is 5.41 Å². The monoisotopic (exact) mass is 323 g/mol. The Kier molecular flexibility index (Phi) is 3.07. The SMILES string of the molecule is CS(=O)(=O)c1ccc(C2=CC3(C=C2c2ccccc2)CC3)cn1. The van der Waals surface area contributed by atoms with E-state index in [1.807, 2.05) is 24.3 Å². The highest BCUT2D eigenvalue weighted by Gasteiger charge is 2.43. The Bertz CT molecular complexity index is 919. The third kappa shape index (κ3) is 2.63. The van der Waals surface area contributed by atoms with Crippen LogP contribution in [0.4, 0.5) is 0 Å². The van der Waals surface area contributed by atoms with Gasteiger partial charge in [0, 0.05) is 23.4 Å². The van der Waals surface area contributed by atoms with E-state index in [-0.39, 0.29) is 10.4 Å². The fraction of sp³-hybridized carbons (Fsp3) is 0.211. The van der Waals surface area contributed by atoms with Gasteiger partial charge in [0.15, 0.2) is 14.9 Å². The highest BCUT2D eigenvalue weighted by atomic mass is 32.2. The second-order valence-electron chi connectivity index (χ2n) is 6.37. The quantitative estimate of drug-likeness (QED) is 0.864. The number of benzene rings is 1. The lowest BCUT2D eigenvalue weighted by atomic mass is 9.96. The first-order chi connectivity index (χ1) is 11.0. The van der Waals surface area contributed by atoms with Crippen molar-refractivity contribution in [2.45, 2.75) is 17.9 Å². The minimum atomic E-state index is -3.26. The molecule has 23 heavy (non-hydrogen) atoms. The van der Waals surface area contributed by atoms with Crippen molar-refractivity contribution in [1.82, 2.24) is 4.98 Å². The first-order valence-corrected chi connectivity index (χ1v) is 9.54. The van der Waals surface area contributed by atoms with Gasteiger partial charge < -0.3 is 0 Å². The molecule has 1 saturated carbocycles. The van der Waals surface area contributed by atoms with E-state index in [4.69, 9.17) is 0 Å². The lowest BCUT2D eigenvalue weighted by Gasteiger charge is -2.09. The molecule has 1 aromatic heterocycles. The van der Waals surface area contributed by atoms with Gasteiger partial charge in [0.1, 0.15) is 0 Å². The average Bonchev–Trinajstić information content (AvgIpc) is 3.18. The van der Waals surface area contributed by atoms with Crippen LogP contribution in [0.25, 0.3) is 11.1 Å². The first-order valence-electron chi connectivity index (χ1n) is 7.65. The van der Waals surface area contributed by atoms with Crippen LogP contribution in [0.1, 0.15) is 24.0 Å². The van der Waals surface area contributed by atoms with E-state index in [1.54, 1.807) is 12.3 Å². The second kappa shape index (κ2) is 4.90. The number of nitrogens with zero attached hydrogens (tertiary/aromatic N) is 1. The highest BCUT2D eigenvalue weighted by molar-refractivity contribution is 7.90. The number of pyridine rings is 1. The summed E-state index contributed by atoms with van der Waals surface area (Å²) in [6, 6.07) is 13.8. The van der Waals surface area contributed by atoms with Gasteiger partial charge in [-0.2, -0.15) is 0 Å². The van der Waals surface area contributed by atoms with Crippen LogP contribution in [0.15, 0.2) is 65.8 Å². The Labute approximate surface area is 136 Å². The Morgan fingerprint density at radius 3 is 2.09 bits per heavy atom. The lowest BCUT2D eigenvalue weighted by molar-refractivity contribution is 0.598. The summed E-state index contributed by atoms with van der Waals surface area (Å²) in [6.07, 6.45) is 9.87. The van der Waals surface area contributed by atoms with E-state index >= 15 is 0 Å². The molecule has 0 amide bonds. The number of aromatic nitrogens is 1. The maximum atomic E-state index is 11.6. The summed E-state index contributed by atoms with van der Waals surface area (Å²) in [7, 11) is -3.26. The summed E-state index contributed by atoms with van der Waals surface area (Å²) < 4.78 is 23.2. The minimum absolute atomic E-state index is 0.117. The van der Waals surface area contributed by atoms with Gasteiger partial charge >= 0.3 is 0 Å². The van der Waals surface area contributed by atoms with Crippen molar-refractivity contribution >= 4 is 21.0 Å². The second-order valence-corrected chi connectivity index (χ2v) is 8.34. The Morgan fingerprint density at radius 2 is 1.57 bits per heavy atom. The number of rotatable bonds is 3. The van der Waals surface area contributed by atoms with E-state index in [0.717, 1.165) is 11.1 Å². The first kappa shape index (κ1) is 14.4. The van der Waals surface area contributed by atoms with Gasteiger partial charge in [-0.15, -0.1) is 0 Å². The standard InChI is InChI=1S/C19H17NO2S/c1-23(21,22)18-8-7-15(13-20-18)17-12-19(9-10-19)11-16(17)14-5-3-2-4-6-14/h2-8,11-13H,9-10H2,1H3. The largest absolute Gasteiger partial charge is 0.244 e. The maximum Gasteiger partial charge on any atom is 0.192 e. The summed E-state index contributed by atoms with van der Waals surface area (Å²) in [5, 5.41) is 0.117. The molecule has 4 heteroatoms. The van der Waals surface area contributed by atoms with E-state index in [2.05, 4.69) is 29.3 Å². The number of hydrogen-bond acceptors (Lipinski definition) is 3. The van der Waals surface area contributed by atoms with Crippen molar-refractivity contribution in [2.75, 3.05) is 6.26 Å². The zero-order chi connectivity index (χ0) is 16.1. The zero-order valence-electron chi connectivity index (χ0n) is 12.9. The summed E-state index contributed by atoms with van der Waals surface area (Å²) in [4.78, 5) is 4.13. The summed E-state index contributed by atoms with van der Waals surface area (Å²) >= 11 is 0. The van der Waals surface area contributed by atoms with Crippen LogP contribution in [-0.2, 0) is 9.84 Å². The molecule has 3 nitrogen and oxygen atoms in total. The summed E-state index contributed by atoms with van der Waals surface area (Å²) in [6.45, 7) is 0. The van der Waals surface area contributed by atoms with Crippen LogP contribution < -0.4 is 0 Å². The number of allylic oxidation sites excluding steroid dienone is 4. The molecule has 0 bridgehead atoms. The molecule has 1 fully saturated rings. The smallest absolute Gasteiger partial charge is 0.192 e. The normalized spacial score (nSPS) is 18.7. The fourth-order valence-corrected chi connectivity index (χ4v) is 3.62. The third-order valence-corrected chi connectivity index (χ3v) is 5.49. The van der Waals surface area contributed by atoms with Crippen molar-refractivity contribution in [1.29, 1.82) is 0 Å². The van der Waals surface area contributed by atoms with Gasteiger partial charge in [-0.3, -0.25) is 0 Å². The molecule has 0 atom stereocenters. The summed E-state index contributed by atoms with van der Waals surface area (Å²) in [5.74, 6) is 0. The number of hydrogen-bond donors (Lipinski definition) is 0. The van der Waals surface area contributed by atoms with E-state index < -0.39 is 9.84 Å². The van der Waals surface area contributed by atoms with Crippen LogP contribution in [0, 0.1) is 5.41 Å². The van der Waals surface area contributed by atoms with Gasteiger partial charge in [-0.05, 0) is 41.7 Å². The molecule has 0 N–H and O–H groups in total. The Morgan fingerprint density at radius 1 is 0.913 bits per heavy atom. The van der Waals surface area contributed by atoms with Crippen molar-refractivity contribution in [3.05, 3.63) is 71.9 Å². The van der Waals surface area contributed by atoms with Crippen molar-refractivity contribution in [3.63, 3.8) is 0 Å². The van der Waals surface area contributed by atoms with E-state index in [1.165, 1.54) is 30.2 Å². The molecule has 2 aromatic rings. The molecule has 1 aromatic carbocycles. The number of sulfone groups is 1. The molecule has 116 valence electrons. The van der Waals surface area contributed by atoms with Crippen LogP contribution in [-0.4, -0.2) is 19.7 Å². The molecule has 2 aliphatic rings. The van der Waals surface area contributed by atoms with Gasteiger partial charge in [0.05, 0.1) is 0 Å². The van der Waals surface area contributed by atoms with Crippen molar-refractivity contribution in [3.8, 4) is 0 Å². The highest BCUT2D eigenvalue weighted by Crippen LogP contribution is 2.57. The van der Waals surface area contributed by atoms with Gasteiger partial charge in [0.25, 0.3) is 0 Å². The molecule has 2 aliphatic carbocycles. The van der Waals surface area contributed by atoms with E-state index in [0.29, 0.717) is 0 Å². The molecule has 0 aliphatic heterocycles. The lowest BCUT2D eigenvalue weighted by Crippen LogP contribution is -2.00. The van der Waals surface area contributed by atoms with Crippen LogP contribution in [0.3, 0.4) is 0 Å². The molecule has 4 rings (SSSR count). The average molecular weight is 323 g/mol. The van der Waals surface area contributed by atoms with Crippen LogP contribution >= 0.6 is 0 Å². The third-order valence-electron chi connectivity index (χ3n) is 4.49. The Balaban J connectivity index is 1.77. The zero-order valence-corrected chi connectivity index (χ0v) is 13.7. The predicted molar refractivity (Wildman–Crippen MR) is 91.4 cm³/mol. The van der Waals surface area contributed by atoms with E-state index in [9.17, 15) is 8.42 Å². The van der Waals surface area contributed by atoms with Gasteiger partial charge in [-0.1, -0.05) is 42.5 Å². The minimum Gasteiger partial charge on any atom is -0.244 e. The molecule has 0 unspecified atom stereocenters. The topological polar surface area (TPSA) is 47.0 Å². The fourth-order valence-electron chi connectivity index (χ4n) is 3.06. The summed E-state index contributed by atoms with van der Waals surface area (Å²) in [5.41, 5.74) is 4.74. The maximum absolute atomic E-state index is 11.6. The molecule has 1 spiro atoms. The molecule has 0 radical (unpaired) electrons. The van der Waals surface area contributed by atoms with Gasteiger partial charge in [0.2, 0.25) is 0 Å².